The zero-order chi connectivity index (χ0) is 14.8. The van der Waals surface area contributed by atoms with E-state index in [1.54, 1.807) is 6.92 Å². The molecule has 1 aliphatic carbocycles. The molecule has 0 saturated heterocycles. The molecule has 1 amide bonds. The van der Waals surface area contributed by atoms with Gasteiger partial charge in [0.25, 0.3) is 0 Å². The van der Waals surface area contributed by atoms with Gasteiger partial charge in [-0.3, -0.25) is 9.59 Å². The topological polar surface area (TPSA) is 55.4 Å². The number of esters is 1. The molecule has 4 nitrogen and oxygen atoms in total. The van der Waals surface area contributed by atoms with Gasteiger partial charge in [-0.1, -0.05) is 11.6 Å². The fraction of sp³-hybridized carbons (Fsp3) is 0.733. The number of hydrogen-bond donors (Lipinski definition) is 1. The quantitative estimate of drug-likeness (QED) is 0.553. The normalized spacial score (nSPS) is 16.2. The van der Waals surface area contributed by atoms with E-state index in [1.807, 2.05) is 6.92 Å². The lowest BCUT2D eigenvalue weighted by molar-refractivity contribution is -0.139. The summed E-state index contributed by atoms with van der Waals surface area (Å²) < 4.78 is 4.83. The monoisotopic (exact) mass is 299 g/mol. The Morgan fingerprint density at radius 2 is 2.25 bits per heavy atom. The number of allylic oxidation sites excluding steroid dienone is 1. The minimum atomic E-state index is -0.260. The molecule has 114 valence electrons. The third-order valence-corrected chi connectivity index (χ3v) is 4.37. The molecule has 20 heavy (non-hydrogen) atoms. The van der Waals surface area contributed by atoms with Gasteiger partial charge < -0.3 is 10.1 Å². The van der Waals surface area contributed by atoms with E-state index in [0.717, 1.165) is 6.42 Å². The Balaban J connectivity index is 2.14. The van der Waals surface area contributed by atoms with Crippen LogP contribution in [0.3, 0.4) is 0 Å². The minimum absolute atomic E-state index is 0.00397. The molecular formula is C15H25NO3S. The number of thioether (sulfide) groups is 1. The maximum Gasteiger partial charge on any atom is 0.315 e. The Morgan fingerprint density at radius 3 is 2.90 bits per heavy atom. The fourth-order valence-electron chi connectivity index (χ4n) is 2.09. The summed E-state index contributed by atoms with van der Waals surface area (Å²) in [6.45, 7) is 4.67. The molecule has 5 heteroatoms. The second-order valence-corrected chi connectivity index (χ2v) is 6.24. The predicted molar refractivity (Wildman–Crippen MR) is 82.7 cm³/mol. The molecule has 0 aromatic rings. The molecule has 0 aromatic carbocycles. The predicted octanol–water partition coefficient (Wildman–Crippen LogP) is 2.68. The Kier molecular flexibility index (Phi) is 8.42. The lowest BCUT2D eigenvalue weighted by Gasteiger charge is -2.14. The number of hydrogen-bond acceptors (Lipinski definition) is 4. The van der Waals surface area contributed by atoms with Gasteiger partial charge in [0, 0.05) is 6.54 Å². The first-order chi connectivity index (χ1) is 9.63. The van der Waals surface area contributed by atoms with E-state index in [-0.39, 0.29) is 22.9 Å². The van der Waals surface area contributed by atoms with E-state index < -0.39 is 0 Å². The van der Waals surface area contributed by atoms with Crippen molar-refractivity contribution < 1.29 is 14.3 Å². The molecule has 0 spiro atoms. The average Bonchev–Trinajstić information content (AvgIpc) is 2.46. The van der Waals surface area contributed by atoms with E-state index in [2.05, 4.69) is 11.4 Å². The van der Waals surface area contributed by atoms with Gasteiger partial charge in [0.05, 0.1) is 17.6 Å². The molecule has 0 saturated carbocycles. The van der Waals surface area contributed by atoms with Crippen molar-refractivity contribution in [2.24, 2.45) is 0 Å². The first kappa shape index (κ1) is 17.1. The lowest BCUT2D eigenvalue weighted by Crippen LogP contribution is -2.32. The van der Waals surface area contributed by atoms with Crippen LogP contribution in [0.2, 0.25) is 0 Å². The minimum Gasteiger partial charge on any atom is -0.465 e. The summed E-state index contributed by atoms with van der Waals surface area (Å²) in [5.74, 6) is -0.0339. The van der Waals surface area contributed by atoms with Crippen LogP contribution < -0.4 is 5.32 Å². The van der Waals surface area contributed by atoms with Crippen LogP contribution in [0.25, 0.3) is 0 Å². The van der Waals surface area contributed by atoms with Crippen LogP contribution in [0.5, 0.6) is 0 Å². The summed E-state index contributed by atoms with van der Waals surface area (Å²) in [5.41, 5.74) is 1.46. The molecule has 0 radical (unpaired) electrons. The van der Waals surface area contributed by atoms with E-state index in [1.165, 1.54) is 43.0 Å². The van der Waals surface area contributed by atoms with Gasteiger partial charge in [0.2, 0.25) is 5.91 Å². The molecule has 0 aliphatic heterocycles. The summed E-state index contributed by atoms with van der Waals surface area (Å²) in [6, 6.07) is 0. The van der Waals surface area contributed by atoms with Crippen molar-refractivity contribution in [1.82, 2.24) is 5.32 Å². The van der Waals surface area contributed by atoms with Gasteiger partial charge in [0.1, 0.15) is 0 Å². The van der Waals surface area contributed by atoms with Crippen LogP contribution >= 0.6 is 11.8 Å². The Labute approximate surface area is 125 Å². The van der Waals surface area contributed by atoms with Gasteiger partial charge in [-0.05, 0) is 46.0 Å². The highest BCUT2D eigenvalue weighted by atomic mass is 32.2. The van der Waals surface area contributed by atoms with Crippen LogP contribution in [0.15, 0.2) is 11.6 Å². The molecule has 0 fully saturated rings. The maximum atomic E-state index is 11.9. The Bertz CT molecular complexity index is 355. The fourth-order valence-corrected chi connectivity index (χ4v) is 2.80. The third kappa shape index (κ3) is 6.98. The summed E-state index contributed by atoms with van der Waals surface area (Å²) in [5, 5.41) is 2.71. The highest BCUT2D eigenvalue weighted by Gasteiger charge is 2.15. The molecule has 0 heterocycles. The van der Waals surface area contributed by atoms with E-state index >= 15 is 0 Å². The number of rotatable bonds is 8. The number of amides is 1. The van der Waals surface area contributed by atoms with Gasteiger partial charge >= 0.3 is 5.97 Å². The zero-order valence-corrected chi connectivity index (χ0v) is 13.3. The van der Waals surface area contributed by atoms with E-state index in [9.17, 15) is 9.59 Å². The Morgan fingerprint density at radius 1 is 1.45 bits per heavy atom. The first-order valence-electron chi connectivity index (χ1n) is 7.36. The highest BCUT2D eigenvalue weighted by molar-refractivity contribution is 8.01. The van der Waals surface area contributed by atoms with Crippen molar-refractivity contribution >= 4 is 23.6 Å². The van der Waals surface area contributed by atoms with E-state index in [0.29, 0.717) is 13.2 Å². The molecule has 1 aliphatic rings. The van der Waals surface area contributed by atoms with Gasteiger partial charge in [0.15, 0.2) is 0 Å². The second kappa shape index (κ2) is 9.86. The highest BCUT2D eigenvalue weighted by Crippen LogP contribution is 2.19. The summed E-state index contributed by atoms with van der Waals surface area (Å²) in [7, 11) is 0. The smallest absolute Gasteiger partial charge is 0.315 e. The van der Waals surface area contributed by atoms with Crippen molar-refractivity contribution in [2.45, 2.75) is 51.2 Å². The maximum absolute atomic E-state index is 11.9. The van der Waals surface area contributed by atoms with Crippen LogP contribution in [0.4, 0.5) is 0 Å². The molecule has 1 N–H and O–H groups in total. The molecule has 1 rings (SSSR count). The SMILES string of the molecule is CCOC(=O)CSC(C)C(=O)NCCC1=CCCCC1. The number of carbonyl (C=O) groups excluding carboxylic acids is 2. The molecule has 1 unspecified atom stereocenters. The van der Waals surface area contributed by atoms with Crippen molar-refractivity contribution in [1.29, 1.82) is 0 Å². The van der Waals surface area contributed by atoms with Crippen molar-refractivity contribution in [2.75, 3.05) is 18.9 Å². The van der Waals surface area contributed by atoms with Crippen LogP contribution in [-0.4, -0.2) is 36.0 Å². The van der Waals surface area contributed by atoms with E-state index in [4.69, 9.17) is 4.74 Å². The van der Waals surface area contributed by atoms with Gasteiger partial charge in [-0.25, -0.2) is 0 Å². The van der Waals surface area contributed by atoms with Gasteiger partial charge in [-0.2, -0.15) is 0 Å². The van der Waals surface area contributed by atoms with Crippen molar-refractivity contribution in [3.63, 3.8) is 0 Å². The van der Waals surface area contributed by atoms with Crippen molar-refractivity contribution in [3.05, 3.63) is 11.6 Å². The van der Waals surface area contributed by atoms with Gasteiger partial charge in [-0.15, -0.1) is 11.8 Å². The summed E-state index contributed by atoms with van der Waals surface area (Å²) in [4.78, 5) is 23.1. The molecular weight excluding hydrogens is 274 g/mol. The zero-order valence-electron chi connectivity index (χ0n) is 12.4. The number of ether oxygens (including phenoxy) is 1. The number of carbonyl (C=O) groups is 2. The average molecular weight is 299 g/mol. The standard InChI is InChI=1S/C15H25NO3S/c1-3-19-14(17)11-20-12(2)15(18)16-10-9-13-7-5-4-6-8-13/h7,12H,3-6,8-11H2,1-2H3,(H,16,18). The summed E-state index contributed by atoms with van der Waals surface area (Å²) in [6.07, 6.45) is 8.15. The Hall–Kier alpha value is -0.970. The third-order valence-electron chi connectivity index (χ3n) is 3.26. The van der Waals surface area contributed by atoms with Crippen LogP contribution in [-0.2, 0) is 14.3 Å². The lowest BCUT2D eigenvalue weighted by atomic mass is 9.97. The largest absolute Gasteiger partial charge is 0.465 e. The van der Waals surface area contributed by atoms with Crippen molar-refractivity contribution in [3.8, 4) is 0 Å². The van der Waals surface area contributed by atoms with Crippen LogP contribution in [0, 0.1) is 0 Å². The second-order valence-electron chi connectivity index (χ2n) is 4.91. The van der Waals surface area contributed by atoms with Crippen LogP contribution in [0.1, 0.15) is 46.0 Å². The number of nitrogens with one attached hydrogen (secondary N) is 1. The molecule has 1 atom stereocenters. The molecule has 0 bridgehead atoms. The first-order valence-corrected chi connectivity index (χ1v) is 8.41. The summed E-state index contributed by atoms with van der Waals surface area (Å²) >= 11 is 1.32. The molecule has 0 aromatic heterocycles.